The highest BCUT2D eigenvalue weighted by Crippen LogP contribution is 2.63. The van der Waals surface area contributed by atoms with E-state index in [2.05, 4.69) is 241 Å². The van der Waals surface area contributed by atoms with Gasteiger partial charge in [0.25, 0.3) is 0 Å². The Hall–Kier alpha value is -7.39. The van der Waals surface area contributed by atoms with E-state index in [1.807, 2.05) is 11.8 Å². The van der Waals surface area contributed by atoms with Crippen molar-refractivity contribution in [2.24, 2.45) is 0 Å². The molecule has 0 atom stereocenters. The maximum atomic E-state index is 2.47. The van der Waals surface area contributed by atoms with E-state index in [-0.39, 0.29) is 0 Å². The van der Waals surface area contributed by atoms with Gasteiger partial charge in [0, 0.05) is 26.7 Å². The molecule has 1 aliphatic carbocycles. The molecule has 12 rings (SSSR count). The second kappa shape index (κ2) is 14.4. The minimum absolute atomic E-state index is 0.472. The third-order valence-electron chi connectivity index (χ3n) is 12.7. The third-order valence-corrected chi connectivity index (χ3v) is 13.8. The van der Waals surface area contributed by atoms with Crippen molar-refractivity contribution in [3.8, 4) is 44.5 Å². The Bertz CT molecular complexity index is 3220. The van der Waals surface area contributed by atoms with Gasteiger partial charge in [0.15, 0.2) is 0 Å². The van der Waals surface area contributed by atoms with Gasteiger partial charge in [-0.3, -0.25) is 0 Å². The lowest BCUT2D eigenvalue weighted by Gasteiger charge is -2.40. The summed E-state index contributed by atoms with van der Waals surface area (Å²) in [7, 11) is 0. The van der Waals surface area contributed by atoms with Crippen LogP contribution in [0.15, 0.2) is 246 Å². The number of hydrogen-bond donors (Lipinski definition) is 0. The summed E-state index contributed by atoms with van der Waals surface area (Å²) >= 11 is 1.90. The Labute approximate surface area is 361 Å². The summed E-state index contributed by atoms with van der Waals surface area (Å²) in [6, 6.07) is 87.3. The molecule has 1 heterocycles. The van der Waals surface area contributed by atoms with Crippen molar-refractivity contribution in [1.29, 1.82) is 0 Å². The van der Waals surface area contributed by atoms with E-state index < -0.39 is 5.41 Å². The van der Waals surface area contributed by atoms with E-state index in [4.69, 9.17) is 0 Å². The molecule has 2 heteroatoms. The number of hydrogen-bond acceptors (Lipinski definition) is 2. The lowest BCUT2D eigenvalue weighted by atomic mass is 9.67. The molecule has 1 spiro atoms. The van der Waals surface area contributed by atoms with E-state index in [1.165, 1.54) is 87.3 Å². The van der Waals surface area contributed by atoms with Crippen LogP contribution in [0.25, 0.3) is 55.3 Å². The molecule has 0 saturated heterocycles. The minimum atomic E-state index is -0.472. The van der Waals surface area contributed by atoms with Crippen LogP contribution in [0.3, 0.4) is 0 Å². The Balaban J connectivity index is 1.11. The molecule has 0 unspecified atom stereocenters. The first-order valence-electron chi connectivity index (χ1n) is 21.0. The van der Waals surface area contributed by atoms with Gasteiger partial charge in [-0.1, -0.05) is 200 Å². The first-order chi connectivity index (χ1) is 30.2. The maximum absolute atomic E-state index is 2.47. The molecular formula is C59H39NS. The quantitative estimate of drug-likeness (QED) is 0.165. The molecule has 10 aromatic rings. The Morgan fingerprint density at radius 1 is 0.295 bits per heavy atom. The first kappa shape index (κ1) is 35.5. The summed E-state index contributed by atoms with van der Waals surface area (Å²) in [4.78, 5) is 5.02. The van der Waals surface area contributed by atoms with Crippen molar-refractivity contribution < 1.29 is 0 Å². The second-order valence-corrected chi connectivity index (χ2v) is 17.1. The highest BCUT2D eigenvalue weighted by Gasteiger charge is 2.50. The fourth-order valence-electron chi connectivity index (χ4n) is 9.97. The molecule has 1 nitrogen and oxygen atoms in total. The average molecular weight is 794 g/mol. The van der Waals surface area contributed by atoms with Crippen LogP contribution in [0.5, 0.6) is 0 Å². The highest BCUT2D eigenvalue weighted by atomic mass is 32.2. The van der Waals surface area contributed by atoms with Crippen molar-refractivity contribution in [3.05, 3.63) is 259 Å². The lowest BCUT2D eigenvalue weighted by molar-refractivity contribution is 0.724. The summed E-state index contributed by atoms with van der Waals surface area (Å²) < 4.78 is 0. The normalized spacial score (nSPS) is 13.0. The van der Waals surface area contributed by atoms with Crippen LogP contribution in [-0.2, 0) is 5.41 Å². The van der Waals surface area contributed by atoms with Crippen LogP contribution in [0.1, 0.15) is 22.3 Å². The number of fused-ring (bicyclic) bond motifs is 10. The lowest BCUT2D eigenvalue weighted by Crippen LogP contribution is -2.32. The number of benzene rings is 10. The van der Waals surface area contributed by atoms with Crippen LogP contribution in [0.4, 0.5) is 17.1 Å². The van der Waals surface area contributed by atoms with Gasteiger partial charge in [-0.25, -0.2) is 0 Å². The summed E-state index contributed by atoms with van der Waals surface area (Å²) in [5.74, 6) is 0. The van der Waals surface area contributed by atoms with Crippen LogP contribution >= 0.6 is 11.8 Å². The number of rotatable bonds is 6. The van der Waals surface area contributed by atoms with Crippen molar-refractivity contribution in [2.45, 2.75) is 15.2 Å². The first-order valence-corrected chi connectivity index (χ1v) is 21.8. The Kier molecular flexibility index (Phi) is 8.40. The smallest absolute Gasteiger partial charge is 0.0735 e. The van der Waals surface area contributed by atoms with Crippen molar-refractivity contribution in [2.75, 3.05) is 4.90 Å². The molecule has 0 aromatic heterocycles. The molecule has 0 bridgehead atoms. The summed E-state index contributed by atoms with van der Waals surface area (Å²) in [5, 5.41) is 2.52. The van der Waals surface area contributed by atoms with Crippen molar-refractivity contribution in [3.63, 3.8) is 0 Å². The number of anilines is 3. The van der Waals surface area contributed by atoms with Crippen molar-refractivity contribution >= 4 is 39.6 Å². The van der Waals surface area contributed by atoms with Crippen LogP contribution < -0.4 is 4.90 Å². The highest BCUT2D eigenvalue weighted by molar-refractivity contribution is 7.99. The van der Waals surface area contributed by atoms with Gasteiger partial charge in [0.2, 0.25) is 0 Å². The molecule has 2 aliphatic rings. The standard InChI is InChI=1S/C59H39NS/c1-4-16-40(17-5-1)42-28-31-47(32-29-42)60(56-35-30-46(41-18-6-2-7-19-41)36-51(56)43-20-8-3-9-21-43)48-33-34-54-58(39-48)61-57-38-45-23-11-10-22-44(45)37-55(57)59(54)52-26-14-12-24-49(52)50-25-13-15-27-53(50)59/h1-39H. The monoisotopic (exact) mass is 793 g/mol. The van der Waals surface area contributed by atoms with Crippen LogP contribution in [0.2, 0.25) is 0 Å². The zero-order chi connectivity index (χ0) is 40.3. The van der Waals surface area contributed by atoms with Gasteiger partial charge in [0.1, 0.15) is 0 Å². The van der Waals surface area contributed by atoms with Gasteiger partial charge in [-0.15, -0.1) is 0 Å². The van der Waals surface area contributed by atoms with Gasteiger partial charge < -0.3 is 4.90 Å². The Morgan fingerprint density at radius 3 is 1.44 bits per heavy atom. The maximum Gasteiger partial charge on any atom is 0.0735 e. The van der Waals surface area contributed by atoms with E-state index >= 15 is 0 Å². The number of nitrogens with zero attached hydrogens (tertiary/aromatic N) is 1. The zero-order valence-electron chi connectivity index (χ0n) is 33.4. The summed E-state index contributed by atoms with van der Waals surface area (Å²) in [5.41, 5.74) is 18.0. The molecule has 1 aliphatic heterocycles. The van der Waals surface area contributed by atoms with Gasteiger partial charge in [-0.2, -0.15) is 0 Å². The van der Waals surface area contributed by atoms with E-state index in [1.54, 1.807) is 0 Å². The molecule has 0 radical (unpaired) electrons. The van der Waals surface area contributed by atoms with Gasteiger partial charge >= 0.3 is 0 Å². The fraction of sp³-hybridized carbons (Fsp3) is 0.0169. The summed E-state index contributed by atoms with van der Waals surface area (Å²) in [6.07, 6.45) is 0. The molecule has 61 heavy (non-hydrogen) atoms. The average Bonchev–Trinajstić information content (AvgIpc) is 3.63. The molecule has 0 fully saturated rings. The Morgan fingerprint density at radius 2 is 0.787 bits per heavy atom. The topological polar surface area (TPSA) is 3.24 Å². The third kappa shape index (κ3) is 5.71. The van der Waals surface area contributed by atoms with Gasteiger partial charge in [0.05, 0.1) is 11.1 Å². The van der Waals surface area contributed by atoms with E-state index in [0.29, 0.717) is 0 Å². The zero-order valence-corrected chi connectivity index (χ0v) is 34.2. The van der Waals surface area contributed by atoms with Crippen LogP contribution in [0, 0.1) is 0 Å². The van der Waals surface area contributed by atoms with E-state index in [0.717, 1.165) is 17.1 Å². The molecule has 0 saturated carbocycles. The van der Waals surface area contributed by atoms with E-state index in [9.17, 15) is 0 Å². The van der Waals surface area contributed by atoms with Crippen molar-refractivity contribution in [1.82, 2.24) is 0 Å². The molecule has 10 aromatic carbocycles. The summed E-state index contributed by atoms with van der Waals surface area (Å²) in [6.45, 7) is 0. The second-order valence-electron chi connectivity index (χ2n) is 16.0. The minimum Gasteiger partial charge on any atom is -0.310 e. The molecule has 0 amide bonds. The van der Waals surface area contributed by atoms with Gasteiger partial charge in [-0.05, 0) is 121 Å². The fourth-order valence-corrected chi connectivity index (χ4v) is 11.2. The largest absolute Gasteiger partial charge is 0.310 e. The SMILES string of the molecule is c1ccc(-c2ccc(N(c3ccc4c(c3)Sc3cc5ccccc5cc3C43c4ccccc4-c4ccccc43)c3ccc(-c4ccccc4)cc3-c3ccccc3)cc2)cc1. The predicted octanol–water partition coefficient (Wildman–Crippen LogP) is 16.1. The molecule has 0 N–H and O–H groups in total. The molecule has 286 valence electrons. The molecular weight excluding hydrogens is 755 g/mol. The van der Waals surface area contributed by atoms with Crippen LogP contribution in [-0.4, -0.2) is 0 Å². The predicted molar refractivity (Wildman–Crippen MR) is 256 cm³/mol.